The zero-order valence-electron chi connectivity index (χ0n) is 11.0. The molecular formula is C12H23NO3S. The molecule has 17 heavy (non-hydrogen) atoms. The van der Waals surface area contributed by atoms with Crippen molar-refractivity contribution in [2.45, 2.75) is 45.6 Å². The maximum absolute atomic E-state index is 12.0. The standard InChI is InChI=1S/C12H23NO3S/c1-10(2)11-6-4-5-8-13(11)12(14)7-9-17(3,15)16/h10-11H,4-9H2,1-3H3/t11-/m1/s1. The van der Waals surface area contributed by atoms with Gasteiger partial charge in [-0.1, -0.05) is 13.8 Å². The molecule has 5 heteroatoms. The van der Waals surface area contributed by atoms with Gasteiger partial charge in [0, 0.05) is 25.3 Å². The fraction of sp³-hybridized carbons (Fsp3) is 0.917. The maximum atomic E-state index is 12.0. The number of amides is 1. The predicted molar refractivity (Wildman–Crippen MR) is 68.5 cm³/mol. The Morgan fingerprint density at radius 1 is 1.35 bits per heavy atom. The van der Waals surface area contributed by atoms with Gasteiger partial charge in [-0.15, -0.1) is 0 Å². The lowest BCUT2D eigenvalue weighted by Gasteiger charge is -2.38. The zero-order valence-corrected chi connectivity index (χ0v) is 11.8. The van der Waals surface area contributed by atoms with Gasteiger partial charge < -0.3 is 4.90 Å². The van der Waals surface area contributed by atoms with Gasteiger partial charge in [-0.2, -0.15) is 0 Å². The minimum absolute atomic E-state index is 0.00572. The van der Waals surface area contributed by atoms with E-state index in [1.165, 1.54) is 12.7 Å². The number of nitrogens with zero attached hydrogens (tertiary/aromatic N) is 1. The molecule has 0 aromatic heterocycles. The van der Waals surface area contributed by atoms with E-state index in [-0.39, 0.29) is 24.1 Å². The molecule has 0 aromatic carbocycles. The van der Waals surface area contributed by atoms with Crippen molar-refractivity contribution in [2.24, 2.45) is 5.92 Å². The lowest BCUT2D eigenvalue weighted by atomic mass is 9.92. The summed E-state index contributed by atoms with van der Waals surface area (Å²) >= 11 is 0. The van der Waals surface area contributed by atoms with E-state index in [9.17, 15) is 13.2 Å². The van der Waals surface area contributed by atoms with Crippen molar-refractivity contribution in [1.29, 1.82) is 0 Å². The molecule has 0 saturated carbocycles. The van der Waals surface area contributed by atoms with Crippen LogP contribution in [0.3, 0.4) is 0 Å². The average molecular weight is 261 g/mol. The quantitative estimate of drug-likeness (QED) is 0.770. The fourth-order valence-corrected chi connectivity index (χ4v) is 2.92. The minimum atomic E-state index is -3.04. The molecule has 1 fully saturated rings. The molecule has 0 N–H and O–H groups in total. The van der Waals surface area contributed by atoms with Gasteiger partial charge in [-0.05, 0) is 25.2 Å². The summed E-state index contributed by atoms with van der Waals surface area (Å²) in [4.78, 5) is 13.9. The summed E-state index contributed by atoms with van der Waals surface area (Å²) in [6.07, 6.45) is 4.55. The van der Waals surface area contributed by atoms with Gasteiger partial charge in [0.1, 0.15) is 9.84 Å². The molecule has 0 radical (unpaired) electrons. The molecule has 0 aliphatic carbocycles. The average Bonchev–Trinajstić information content (AvgIpc) is 2.25. The normalized spacial score (nSPS) is 21.9. The molecule has 1 rings (SSSR count). The Morgan fingerprint density at radius 2 is 2.00 bits per heavy atom. The van der Waals surface area contributed by atoms with Crippen molar-refractivity contribution in [3.63, 3.8) is 0 Å². The Labute approximate surface area is 104 Å². The van der Waals surface area contributed by atoms with Gasteiger partial charge in [0.15, 0.2) is 0 Å². The van der Waals surface area contributed by atoms with Crippen LogP contribution in [0, 0.1) is 5.92 Å². The number of hydrogen-bond donors (Lipinski definition) is 0. The number of carbonyl (C=O) groups excluding carboxylic acids is 1. The van der Waals surface area contributed by atoms with E-state index < -0.39 is 9.84 Å². The molecule has 0 bridgehead atoms. The summed E-state index contributed by atoms with van der Waals surface area (Å²) < 4.78 is 22.1. The number of sulfone groups is 1. The first kappa shape index (κ1) is 14.5. The van der Waals surface area contributed by atoms with Crippen LogP contribution < -0.4 is 0 Å². The van der Waals surface area contributed by atoms with Crippen LogP contribution in [-0.2, 0) is 14.6 Å². The van der Waals surface area contributed by atoms with Gasteiger partial charge in [0.25, 0.3) is 0 Å². The Kier molecular flexibility index (Phi) is 4.98. The molecule has 1 atom stereocenters. The minimum Gasteiger partial charge on any atom is -0.339 e. The highest BCUT2D eigenvalue weighted by Gasteiger charge is 2.28. The molecule has 100 valence electrons. The molecule has 1 amide bonds. The SMILES string of the molecule is CC(C)[C@H]1CCCCN1C(=O)CCS(C)(=O)=O. The third-order valence-electron chi connectivity index (χ3n) is 3.33. The van der Waals surface area contributed by atoms with Crippen molar-refractivity contribution in [3.05, 3.63) is 0 Å². The number of carbonyl (C=O) groups is 1. The van der Waals surface area contributed by atoms with Crippen molar-refractivity contribution in [1.82, 2.24) is 4.90 Å². The van der Waals surface area contributed by atoms with E-state index in [4.69, 9.17) is 0 Å². The van der Waals surface area contributed by atoms with E-state index in [1.54, 1.807) is 0 Å². The van der Waals surface area contributed by atoms with Gasteiger partial charge in [-0.25, -0.2) is 8.42 Å². The number of rotatable bonds is 4. The van der Waals surface area contributed by atoms with Crippen LogP contribution in [-0.4, -0.2) is 43.8 Å². The van der Waals surface area contributed by atoms with Crippen LogP contribution in [0.5, 0.6) is 0 Å². The molecule has 0 unspecified atom stereocenters. The second-order valence-corrected chi connectivity index (χ2v) is 7.53. The van der Waals surface area contributed by atoms with Crippen molar-refractivity contribution in [3.8, 4) is 0 Å². The highest BCUT2D eigenvalue weighted by atomic mass is 32.2. The predicted octanol–water partition coefficient (Wildman–Crippen LogP) is 1.46. The zero-order chi connectivity index (χ0) is 13.1. The van der Waals surface area contributed by atoms with Crippen LogP contribution in [0.2, 0.25) is 0 Å². The number of likely N-dealkylation sites (tertiary alicyclic amines) is 1. The van der Waals surface area contributed by atoms with Crippen LogP contribution >= 0.6 is 0 Å². The molecule has 1 heterocycles. The van der Waals surface area contributed by atoms with Crippen molar-refractivity contribution >= 4 is 15.7 Å². The van der Waals surface area contributed by atoms with Crippen molar-refractivity contribution < 1.29 is 13.2 Å². The van der Waals surface area contributed by atoms with E-state index in [1.807, 2.05) is 4.90 Å². The molecular weight excluding hydrogens is 238 g/mol. The lowest BCUT2D eigenvalue weighted by molar-refractivity contribution is -0.135. The molecule has 4 nitrogen and oxygen atoms in total. The van der Waals surface area contributed by atoms with E-state index in [0.29, 0.717) is 5.92 Å². The summed E-state index contributed by atoms with van der Waals surface area (Å²) in [7, 11) is -3.04. The Balaban J connectivity index is 2.59. The van der Waals surface area contributed by atoms with E-state index in [2.05, 4.69) is 13.8 Å². The Bertz CT molecular complexity index is 362. The lowest BCUT2D eigenvalue weighted by Crippen LogP contribution is -2.46. The molecule has 0 aromatic rings. The summed E-state index contributed by atoms with van der Waals surface area (Å²) in [5, 5.41) is 0. The van der Waals surface area contributed by atoms with Crippen LogP contribution in [0.25, 0.3) is 0 Å². The third-order valence-corrected chi connectivity index (χ3v) is 4.27. The molecule has 1 aliphatic rings. The molecule has 1 saturated heterocycles. The summed E-state index contributed by atoms with van der Waals surface area (Å²) in [6.45, 7) is 5.02. The highest BCUT2D eigenvalue weighted by molar-refractivity contribution is 7.90. The van der Waals surface area contributed by atoms with Gasteiger partial charge in [0.2, 0.25) is 5.91 Å². The first-order chi connectivity index (χ1) is 7.81. The summed E-state index contributed by atoms with van der Waals surface area (Å²) in [5.74, 6) is 0.402. The summed E-state index contributed by atoms with van der Waals surface area (Å²) in [6, 6.07) is 0.288. The summed E-state index contributed by atoms with van der Waals surface area (Å²) in [5.41, 5.74) is 0. The van der Waals surface area contributed by atoms with E-state index >= 15 is 0 Å². The second-order valence-electron chi connectivity index (χ2n) is 5.27. The third kappa shape index (κ3) is 4.66. The van der Waals surface area contributed by atoms with Crippen molar-refractivity contribution in [2.75, 3.05) is 18.6 Å². The Morgan fingerprint density at radius 3 is 2.53 bits per heavy atom. The smallest absolute Gasteiger partial charge is 0.223 e. The maximum Gasteiger partial charge on any atom is 0.223 e. The molecule has 0 spiro atoms. The molecule has 1 aliphatic heterocycles. The van der Waals surface area contributed by atoms with Gasteiger partial charge >= 0.3 is 0 Å². The number of hydrogen-bond acceptors (Lipinski definition) is 3. The monoisotopic (exact) mass is 261 g/mol. The largest absolute Gasteiger partial charge is 0.339 e. The topological polar surface area (TPSA) is 54.5 Å². The van der Waals surface area contributed by atoms with Crippen LogP contribution in [0.15, 0.2) is 0 Å². The highest BCUT2D eigenvalue weighted by Crippen LogP contribution is 2.23. The van der Waals surface area contributed by atoms with E-state index in [0.717, 1.165) is 19.4 Å². The van der Waals surface area contributed by atoms with Crippen LogP contribution in [0.1, 0.15) is 39.5 Å². The first-order valence-electron chi connectivity index (χ1n) is 6.28. The second kappa shape index (κ2) is 5.85. The van der Waals surface area contributed by atoms with Crippen LogP contribution in [0.4, 0.5) is 0 Å². The Hall–Kier alpha value is -0.580. The van der Waals surface area contributed by atoms with Gasteiger partial charge in [-0.3, -0.25) is 4.79 Å². The fourth-order valence-electron chi connectivity index (χ4n) is 2.38. The van der Waals surface area contributed by atoms with Gasteiger partial charge in [0.05, 0.1) is 5.75 Å². The first-order valence-corrected chi connectivity index (χ1v) is 8.34. The number of piperidine rings is 1.